The summed E-state index contributed by atoms with van der Waals surface area (Å²) in [6, 6.07) is 10.1. The van der Waals surface area contributed by atoms with Crippen LogP contribution in [0, 0.1) is 23.7 Å². The van der Waals surface area contributed by atoms with Crippen LogP contribution in [0.15, 0.2) is 30.3 Å². The van der Waals surface area contributed by atoms with E-state index in [0.29, 0.717) is 12.0 Å². The minimum absolute atomic E-state index is 0.0963. The predicted octanol–water partition coefficient (Wildman–Crippen LogP) is 3.57. The van der Waals surface area contributed by atoms with Crippen LogP contribution in [0.3, 0.4) is 0 Å². The molecule has 0 bridgehead atoms. The third kappa shape index (κ3) is 3.31. The molecule has 1 aliphatic heterocycles. The summed E-state index contributed by atoms with van der Waals surface area (Å²) in [5.41, 5.74) is 1.14. The topological polar surface area (TPSA) is 21.3 Å². The van der Waals surface area contributed by atoms with Crippen LogP contribution < -0.4 is 5.32 Å². The number of hydrogen-bond donors (Lipinski definition) is 1. The summed E-state index contributed by atoms with van der Waals surface area (Å²) < 4.78 is 6.23. The molecular formula is C19H25NO. The first-order valence-electron chi connectivity index (χ1n) is 8.04. The van der Waals surface area contributed by atoms with Crippen molar-refractivity contribution in [3.05, 3.63) is 35.9 Å². The van der Waals surface area contributed by atoms with Crippen LogP contribution in [0.1, 0.15) is 45.6 Å². The first-order chi connectivity index (χ1) is 10.0. The van der Waals surface area contributed by atoms with Crippen molar-refractivity contribution in [1.82, 2.24) is 5.32 Å². The molecular weight excluding hydrogens is 258 g/mol. The standard InChI is InChI=1S/C19H25NO/c1-14-9-11-16-17(13-14)21-18(20-19(16,2)3)12-10-15-7-5-4-6-8-15/h4-8,14,16-18,20H,9,11,13H2,1-3H3/t14-,16-,17-,18+/m1/s1. The van der Waals surface area contributed by atoms with Crippen LogP contribution in [0.5, 0.6) is 0 Å². The van der Waals surface area contributed by atoms with Crippen LogP contribution in [-0.2, 0) is 4.74 Å². The summed E-state index contributed by atoms with van der Waals surface area (Å²) in [4.78, 5) is 0. The van der Waals surface area contributed by atoms with Gasteiger partial charge in [0.1, 0.15) is 0 Å². The minimum atomic E-state index is -0.160. The van der Waals surface area contributed by atoms with Gasteiger partial charge >= 0.3 is 0 Å². The van der Waals surface area contributed by atoms with Crippen molar-refractivity contribution in [2.75, 3.05) is 0 Å². The lowest BCUT2D eigenvalue weighted by Crippen LogP contribution is -2.62. The molecule has 1 heterocycles. The van der Waals surface area contributed by atoms with Crippen molar-refractivity contribution in [3.8, 4) is 11.8 Å². The number of rotatable bonds is 0. The lowest BCUT2D eigenvalue weighted by molar-refractivity contribution is -0.133. The second-order valence-electron chi connectivity index (χ2n) is 7.08. The fraction of sp³-hybridized carbons (Fsp3) is 0.579. The van der Waals surface area contributed by atoms with Gasteiger partial charge < -0.3 is 4.74 Å². The van der Waals surface area contributed by atoms with Gasteiger partial charge in [-0.15, -0.1) is 0 Å². The van der Waals surface area contributed by atoms with Gasteiger partial charge in [0.05, 0.1) is 6.10 Å². The molecule has 4 atom stereocenters. The van der Waals surface area contributed by atoms with Gasteiger partial charge in [-0.25, -0.2) is 0 Å². The zero-order chi connectivity index (χ0) is 14.9. The Morgan fingerprint density at radius 1 is 1.19 bits per heavy atom. The third-order valence-corrected chi connectivity index (χ3v) is 4.92. The van der Waals surface area contributed by atoms with E-state index < -0.39 is 0 Å². The SMILES string of the molecule is C[C@@H]1CC[C@@H]2[C@@H](C1)O[C@@H](C#Cc1ccccc1)NC2(C)C. The Kier molecular flexibility index (Phi) is 4.06. The Hall–Kier alpha value is -1.30. The van der Waals surface area contributed by atoms with Crippen molar-refractivity contribution in [2.24, 2.45) is 11.8 Å². The minimum Gasteiger partial charge on any atom is -0.348 e. The van der Waals surface area contributed by atoms with E-state index in [-0.39, 0.29) is 11.8 Å². The highest BCUT2D eigenvalue weighted by atomic mass is 16.5. The van der Waals surface area contributed by atoms with E-state index in [2.05, 4.69) is 37.9 Å². The van der Waals surface area contributed by atoms with Crippen molar-refractivity contribution in [3.63, 3.8) is 0 Å². The maximum atomic E-state index is 6.23. The second kappa shape index (κ2) is 5.83. The van der Waals surface area contributed by atoms with Crippen LogP contribution in [0.4, 0.5) is 0 Å². The van der Waals surface area contributed by atoms with Gasteiger partial charge in [0, 0.05) is 17.0 Å². The molecule has 2 nitrogen and oxygen atoms in total. The van der Waals surface area contributed by atoms with Crippen LogP contribution in [-0.4, -0.2) is 17.9 Å². The summed E-state index contributed by atoms with van der Waals surface area (Å²) in [5.74, 6) is 7.85. The van der Waals surface area contributed by atoms with E-state index >= 15 is 0 Å². The first kappa shape index (κ1) is 14.6. The third-order valence-electron chi connectivity index (χ3n) is 4.92. The van der Waals surface area contributed by atoms with Crippen molar-refractivity contribution in [2.45, 2.75) is 57.9 Å². The van der Waals surface area contributed by atoms with Gasteiger partial charge in [-0.2, -0.15) is 0 Å². The van der Waals surface area contributed by atoms with E-state index in [0.717, 1.165) is 11.5 Å². The maximum absolute atomic E-state index is 6.23. The number of benzene rings is 1. The Balaban J connectivity index is 1.75. The van der Waals surface area contributed by atoms with Gasteiger partial charge in [0.25, 0.3) is 0 Å². The zero-order valence-corrected chi connectivity index (χ0v) is 13.2. The molecule has 0 aromatic heterocycles. The Bertz CT molecular complexity index is 540. The molecule has 2 aliphatic rings. The quantitative estimate of drug-likeness (QED) is 0.735. The van der Waals surface area contributed by atoms with Crippen molar-refractivity contribution >= 4 is 0 Å². The molecule has 0 spiro atoms. The molecule has 0 radical (unpaired) electrons. The smallest absolute Gasteiger partial charge is 0.172 e. The Morgan fingerprint density at radius 2 is 1.95 bits per heavy atom. The summed E-state index contributed by atoms with van der Waals surface area (Å²) in [5, 5.41) is 3.58. The Labute approximate surface area is 128 Å². The van der Waals surface area contributed by atoms with Crippen molar-refractivity contribution < 1.29 is 4.74 Å². The molecule has 1 aliphatic carbocycles. The summed E-state index contributed by atoms with van der Waals surface area (Å²) >= 11 is 0. The van der Waals surface area contributed by atoms with E-state index in [4.69, 9.17) is 4.74 Å². The van der Waals surface area contributed by atoms with Gasteiger partial charge in [-0.1, -0.05) is 37.5 Å². The van der Waals surface area contributed by atoms with Crippen LogP contribution in [0.25, 0.3) is 0 Å². The number of ether oxygens (including phenoxy) is 1. The maximum Gasteiger partial charge on any atom is 0.172 e. The molecule has 1 N–H and O–H groups in total. The fourth-order valence-electron chi connectivity index (χ4n) is 3.70. The number of fused-ring (bicyclic) bond motifs is 1. The molecule has 2 heteroatoms. The summed E-state index contributed by atoms with van der Waals surface area (Å²) in [6.45, 7) is 6.92. The van der Waals surface area contributed by atoms with Gasteiger partial charge in [-0.3, -0.25) is 5.32 Å². The van der Waals surface area contributed by atoms with E-state index in [1.807, 2.05) is 30.3 Å². The van der Waals surface area contributed by atoms with E-state index in [9.17, 15) is 0 Å². The monoisotopic (exact) mass is 283 g/mol. The van der Waals surface area contributed by atoms with Gasteiger partial charge in [0.15, 0.2) is 6.23 Å². The molecule has 1 aromatic carbocycles. The first-order valence-corrected chi connectivity index (χ1v) is 8.04. The fourth-order valence-corrected chi connectivity index (χ4v) is 3.70. The van der Waals surface area contributed by atoms with Gasteiger partial charge in [0.2, 0.25) is 0 Å². The second-order valence-corrected chi connectivity index (χ2v) is 7.08. The molecule has 0 amide bonds. The number of nitrogens with one attached hydrogen (secondary N) is 1. The number of hydrogen-bond acceptors (Lipinski definition) is 2. The summed E-state index contributed by atoms with van der Waals surface area (Å²) in [6.07, 6.45) is 3.92. The molecule has 1 aromatic rings. The molecule has 21 heavy (non-hydrogen) atoms. The molecule has 1 saturated carbocycles. The predicted molar refractivity (Wildman–Crippen MR) is 85.7 cm³/mol. The normalized spacial score (nSPS) is 34.4. The van der Waals surface area contributed by atoms with Crippen LogP contribution >= 0.6 is 0 Å². The van der Waals surface area contributed by atoms with E-state index in [1.54, 1.807) is 0 Å². The largest absolute Gasteiger partial charge is 0.348 e. The highest BCUT2D eigenvalue weighted by Gasteiger charge is 2.45. The molecule has 1 saturated heterocycles. The van der Waals surface area contributed by atoms with Crippen molar-refractivity contribution in [1.29, 1.82) is 0 Å². The molecule has 3 rings (SSSR count). The molecule has 2 fully saturated rings. The molecule has 112 valence electrons. The molecule has 0 unspecified atom stereocenters. The lowest BCUT2D eigenvalue weighted by Gasteiger charge is -2.50. The highest BCUT2D eigenvalue weighted by Crippen LogP contribution is 2.40. The Morgan fingerprint density at radius 3 is 2.71 bits per heavy atom. The average Bonchev–Trinajstić information content (AvgIpc) is 2.45. The van der Waals surface area contributed by atoms with E-state index in [1.165, 1.54) is 19.3 Å². The van der Waals surface area contributed by atoms with Gasteiger partial charge in [-0.05, 0) is 50.7 Å². The lowest BCUT2D eigenvalue weighted by atomic mass is 9.71. The average molecular weight is 283 g/mol. The highest BCUT2D eigenvalue weighted by molar-refractivity contribution is 5.34. The zero-order valence-electron chi connectivity index (χ0n) is 13.2. The van der Waals surface area contributed by atoms with Crippen LogP contribution in [0.2, 0.25) is 0 Å². The summed E-state index contributed by atoms with van der Waals surface area (Å²) in [7, 11) is 0.